The van der Waals surface area contributed by atoms with Gasteiger partial charge in [0.25, 0.3) is 11.8 Å². The van der Waals surface area contributed by atoms with E-state index in [1.807, 2.05) is 5.32 Å². The van der Waals surface area contributed by atoms with E-state index in [1.165, 1.54) is 0 Å². The van der Waals surface area contributed by atoms with E-state index in [4.69, 9.17) is 0 Å². The highest BCUT2D eigenvalue weighted by Gasteiger charge is 2.31. The van der Waals surface area contributed by atoms with Crippen molar-refractivity contribution in [1.82, 2.24) is 5.32 Å². The summed E-state index contributed by atoms with van der Waals surface area (Å²) >= 11 is 2.95. The molecule has 112 valence electrons. The third kappa shape index (κ3) is 5.72. The molecule has 20 heavy (non-hydrogen) atoms. The number of alkyl halides is 5. The van der Waals surface area contributed by atoms with Crippen molar-refractivity contribution in [3.05, 3.63) is 28.2 Å². The number of hydrogen-bond acceptors (Lipinski definition) is 2. The van der Waals surface area contributed by atoms with Crippen molar-refractivity contribution in [2.24, 2.45) is 0 Å². The second kappa shape index (κ2) is 5.94. The molecule has 0 saturated carbocycles. The monoisotopic (exact) mass is 361 g/mol. The lowest BCUT2D eigenvalue weighted by molar-refractivity contribution is -0.274. The summed E-state index contributed by atoms with van der Waals surface area (Å²) in [6.07, 6.45) is -4.90. The fourth-order valence-electron chi connectivity index (χ4n) is 1.21. The Balaban J connectivity index is 2.88. The molecule has 0 aliphatic heterocycles. The first-order chi connectivity index (χ1) is 8.98. The number of halogens is 6. The fraction of sp³-hybridized carbons (Fsp3) is 0.364. The van der Waals surface area contributed by atoms with Gasteiger partial charge < -0.3 is 10.1 Å². The van der Waals surface area contributed by atoms with Gasteiger partial charge in [-0.05, 0) is 34.1 Å². The summed E-state index contributed by atoms with van der Waals surface area (Å²) in [6, 6.07) is 2.95. The minimum absolute atomic E-state index is 0.156. The highest BCUT2D eigenvalue weighted by molar-refractivity contribution is 9.10. The SMILES string of the molecule is CC(F)(F)CNC(=O)c1cc(OC(F)(F)F)ccc1Br. The van der Waals surface area contributed by atoms with Crippen LogP contribution in [0.5, 0.6) is 5.75 Å². The molecule has 0 aliphatic rings. The van der Waals surface area contributed by atoms with Crippen LogP contribution >= 0.6 is 15.9 Å². The summed E-state index contributed by atoms with van der Waals surface area (Å²) in [5.74, 6) is -4.68. The van der Waals surface area contributed by atoms with E-state index >= 15 is 0 Å². The van der Waals surface area contributed by atoms with Crippen LogP contribution in [0.3, 0.4) is 0 Å². The van der Waals surface area contributed by atoms with Gasteiger partial charge in [-0.25, -0.2) is 8.78 Å². The normalized spacial score (nSPS) is 12.2. The van der Waals surface area contributed by atoms with E-state index in [0.717, 1.165) is 18.2 Å². The van der Waals surface area contributed by atoms with E-state index in [1.54, 1.807) is 0 Å². The molecule has 1 amide bonds. The maximum Gasteiger partial charge on any atom is 0.573 e. The van der Waals surface area contributed by atoms with Gasteiger partial charge in [0.1, 0.15) is 5.75 Å². The second-order valence-corrected chi connectivity index (χ2v) is 4.80. The molecule has 0 unspecified atom stereocenters. The van der Waals surface area contributed by atoms with Crippen molar-refractivity contribution in [2.75, 3.05) is 6.54 Å². The number of carbonyl (C=O) groups is 1. The summed E-state index contributed by atoms with van der Waals surface area (Å²) in [4.78, 5) is 11.6. The van der Waals surface area contributed by atoms with Gasteiger partial charge in [-0.15, -0.1) is 13.2 Å². The smallest absolute Gasteiger partial charge is 0.406 e. The summed E-state index contributed by atoms with van der Waals surface area (Å²) < 4.78 is 65.1. The first-order valence-electron chi connectivity index (χ1n) is 5.19. The second-order valence-electron chi connectivity index (χ2n) is 3.94. The molecule has 1 N–H and O–H groups in total. The Bertz CT molecular complexity index is 499. The van der Waals surface area contributed by atoms with Crippen LogP contribution in [0.25, 0.3) is 0 Å². The molecule has 1 aromatic carbocycles. The number of carbonyl (C=O) groups excluding carboxylic acids is 1. The molecule has 3 nitrogen and oxygen atoms in total. The fourth-order valence-corrected chi connectivity index (χ4v) is 1.63. The average molecular weight is 362 g/mol. The van der Waals surface area contributed by atoms with E-state index in [0.29, 0.717) is 6.92 Å². The van der Waals surface area contributed by atoms with Gasteiger partial charge in [-0.3, -0.25) is 4.79 Å². The first kappa shape index (κ1) is 16.7. The lowest BCUT2D eigenvalue weighted by Gasteiger charge is -2.13. The first-order valence-corrected chi connectivity index (χ1v) is 5.98. The van der Waals surface area contributed by atoms with Crippen LogP contribution in [-0.2, 0) is 0 Å². The van der Waals surface area contributed by atoms with Crippen LogP contribution in [0.1, 0.15) is 17.3 Å². The Morgan fingerprint density at radius 1 is 1.30 bits per heavy atom. The van der Waals surface area contributed by atoms with Gasteiger partial charge in [0.15, 0.2) is 0 Å². The van der Waals surface area contributed by atoms with Crippen LogP contribution in [-0.4, -0.2) is 24.7 Å². The van der Waals surface area contributed by atoms with Crippen LogP contribution in [0, 0.1) is 0 Å². The minimum Gasteiger partial charge on any atom is -0.406 e. The zero-order valence-electron chi connectivity index (χ0n) is 10.0. The molecular weight excluding hydrogens is 353 g/mol. The van der Waals surface area contributed by atoms with Gasteiger partial charge in [-0.1, -0.05) is 0 Å². The quantitative estimate of drug-likeness (QED) is 0.829. The largest absolute Gasteiger partial charge is 0.573 e. The average Bonchev–Trinajstić information content (AvgIpc) is 2.25. The molecule has 0 saturated heterocycles. The number of nitrogens with one attached hydrogen (secondary N) is 1. The standard InChI is InChI=1S/C11H9BrF5NO2/c1-10(13,14)5-18-9(19)7-4-6(2-3-8(7)12)20-11(15,16)17/h2-4H,5H2,1H3,(H,18,19). The van der Waals surface area contributed by atoms with Crippen molar-refractivity contribution in [1.29, 1.82) is 0 Å². The summed E-state index contributed by atoms with van der Waals surface area (Å²) in [7, 11) is 0. The summed E-state index contributed by atoms with van der Waals surface area (Å²) in [5.41, 5.74) is -0.240. The molecular formula is C11H9BrF5NO2. The van der Waals surface area contributed by atoms with Crippen molar-refractivity contribution in [3.63, 3.8) is 0 Å². The Morgan fingerprint density at radius 2 is 1.90 bits per heavy atom. The van der Waals surface area contributed by atoms with E-state index in [9.17, 15) is 26.7 Å². The Hall–Kier alpha value is -1.38. The molecule has 1 rings (SSSR count). The van der Waals surface area contributed by atoms with Gasteiger partial charge in [0.05, 0.1) is 12.1 Å². The zero-order chi connectivity index (χ0) is 15.6. The molecule has 0 spiro atoms. The molecule has 1 aromatic rings. The highest BCUT2D eigenvalue weighted by atomic mass is 79.9. The molecule has 0 radical (unpaired) electrons. The molecule has 9 heteroatoms. The lowest BCUT2D eigenvalue weighted by atomic mass is 10.2. The maximum absolute atomic E-state index is 12.6. The maximum atomic E-state index is 12.6. The number of ether oxygens (including phenoxy) is 1. The Labute approximate surface area is 119 Å². The molecule has 0 heterocycles. The minimum atomic E-state index is -4.90. The van der Waals surface area contributed by atoms with Gasteiger partial charge >= 0.3 is 6.36 Å². The van der Waals surface area contributed by atoms with Crippen LogP contribution in [0.4, 0.5) is 22.0 Å². The third-order valence-electron chi connectivity index (χ3n) is 1.98. The van der Waals surface area contributed by atoms with Crippen molar-refractivity contribution in [2.45, 2.75) is 19.2 Å². The Kier molecular flexibility index (Phi) is 4.95. The van der Waals surface area contributed by atoms with E-state index in [-0.39, 0.29) is 10.0 Å². The van der Waals surface area contributed by atoms with Crippen LogP contribution in [0.2, 0.25) is 0 Å². The van der Waals surface area contributed by atoms with Gasteiger partial charge in [-0.2, -0.15) is 0 Å². The zero-order valence-corrected chi connectivity index (χ0v) is 11.6. The highest BCUT2D eigenvalue weighted by Crippen LogP contribution is 2.27. The number of benzene rings is 1. The summed E-state index contributed by atoms with van der Waals surface area (Å²) in [6.45, 7) is -0.325. The summed E-state index contributed by atoms with van der Waals surface area (Å²) in [5, 5.41) is 1.91. The van der Waals surface area contributed by atoms with E-state index < -0.39 is 30.5 Å². The van der Waals surface area contributed by atoms with Crippen LogP contribution < -0.4 is 10.1 Å². The third-order valence-corrected chi connectivity index (χ3v) is 2.67. The number of hydrogen-bond donors (Lipinski definition) is 1. The Morgan fingerprint density at radius 3 is 2.40 bits per heavy atom. The molecule has 0 fully saturated rings. The van der Waals surface area contributed by atoms with Crippen molar-refractivity contribution >= 4 is 21.8 Å². The molecule has 0 bridgehead atoms. The lowest BCUT2D eigenvalue weighted by Crippen LogP contribution is -2.34. The number of rotatable bonds is 4. The molecule has 0 aromatic heterocycles. The number of amides is 1. The van der Waals surface area contributed by atoms with E-state index in [2.05, 4.69) is 20.7 Å². The van der Waals surface area contributed by atoms with Crippen LogP contribution in [0.15, 0.2) is 22.7 Å². The van der Waals surface area contributed by atoms with Crippen molar-refractivity contribution in [3.8, 4) is 5.75 Å². The van der Waals surface area contributed by atoms with Crippen molar-refractivity contribution < 1.29 is 31.5 Å². The molecule has 0 aliphatic carbocycles. The van der Waals surface area contributed by atoms with Gasteiger partial charge in [0.2, 0.25) is 0 Å². The van der Waals surface area contributed by atoms with Gasteiger partial charge in [0, 0.05) is 11.4 Å². The predicted octanol–water partition coefficient (Wildman–Crippen LogP) is 3.73. The topological polar surface area (TPSA) is 38.3 Å². The molecule has 0 atom stereocenters. The predicted molar refractivity (Wildman–Crippen MR) is 63.8 cm³/mol.